The van der Waals surface area contributed by atoms with Crippen molar-refractivity contribution in [1.82, 2.24) is 9.97 Å². The predicted molar refractivity (Wildman–Crippen MR) is 157 cm³/mol. The fraction of sp³-hybridized carbons (Fsp3) is 0.323. The number of piperidine rings is 1. The number of carbonyl (C=O) groups is 1. The van der Waals surface area contributed by atoms with Crippen LogP contribution in [0.15, 0.2) is 71.8 Å². The van der Waals surface area contributed by atoms with E-state index in [1.54, 1.807) is 25.3 Å². The molecule has 1 aliphatic heterocycles. The van der Waals surface area contributed by atoms with Crippen molar-refractivity contribution in [2.45, 2.75) is 38.5 Å². The van der Waals surface area contributed by atoms with Gasteiger partial charge in [-0.2, -0.15) is 0 Å². The van der Waals surface area contributed by atoms with E-state index in [1.807, 2.05) is 18.2 Å². The zero-order valence-corrected chi connectivity index (χ0v) is 23.6. The van der Waals surface area contributed by atoms with E-state index in [1.165, 1.54) is 12.5 Å². The Morgan fingerprint density at radius 1 is 1.00 bits per heavy atom. The van der Waals surface area contributed by atoms with Gasteiger partial charge in [-0.05, 0) is 72.5 Å². The zero-order valence-electron chi connectivity index (χ0n) is 22.8. The minimum absolute atomic E-state index is 0.0708. The number of aryl methyl sites for hydroxylation is 1. The average Bonchev–Trinajstić information content (AvgIpc) is 2.88. The summed E-state index contributed by atoms with van der Waals surface area (Å²) >= 11 is 0. The minimum Gasteiger partial charge on any atom is -0.356 e. The number of pyridine rings is 2. The predicted octanol–water partition coefficient (Wildman–Crippen LogP) is 5.67. The van der Waals surface area contributed by atoms with Crippen LogP contribution in [-0.4, -0.2) is 43.6 Å². The molecule has 1 fully saturated rings. The molecule has 0 unspecified atom stereocenters. The van der Waals surface area contributed by atoms with E-state index in [0.29, 0.717) is 28.8 Å². The number of rotatable bonds is 6. The summed E-state index contributed by atoms with van der Waals surface area (Å²) < 4.78 is 24.1. The summed E-state index contributed by atoms with van der Waals surface area (Å²) in [5, 5.41) is 4.76. The smallest absolute Gasteiger partial charge is 0.230 e. The Kier molecular flexibility index (Phi) is 7.40. The number of hydrogen-bond acceptors (Lipinski definition) is 6. The summed E-state index contributed by atoms with van der Waals surface area (Å²) in [6.45, 7) is 8.38. The highest BCUT2D eigenvalue weighted by Crippen LogP contribution is 2.29. The van der Waals surface area contributed by atoms with E-state index in [4.69, 9.17) is 4.98 Å². The van der Waals surface area contributed by atoms with Crippen molar-refractivity contribution in [3.05, 3.63) is 78.1 Å². The summed E-state index contributed by atoms with van der Waals surface area (Å²) in [5.41, 5.74) is 3.64. The lowest BCUT2D eigenvalue weighted by Crippen LogP contribution is -2.39. The molecule has 3 heterocycles. The van der Waals surface area contributed by atoms with E-state index < -0.39 is 9.84 Å². The number of benzene rings is 2. The average molecular weight is 543 g/mol. The molecule has 39 heavy (non-hydrogen) atoms. The summed E-state index contributed by atoms with van der Waals surface area (Å²) in [6.07, 6.45) is 4.26. The molecule has 0 saturated carbocycles. The van der Waals surface area contributed by atoms with Crippen LogP contribution in [0, 0.1) is 18.8 Å². The quantitative estimate of drug-likeness (QED) is 0.337. The minimum atomic E-state index is -3.39. The van der Waals surface area contributed by atoms with Crippen molar-refractivity contribution in [1.29, 1.82) is 0 Å². The molecule has 1 N–H and O–H groups in total. The fourth-order valence-electron chi connectivity index (χ4n) is 5.50. The van der Waals surface area contributed by atoms with Gasteiger partial charge in [-0.25, -0.2) is 13.4 Å². The number of nitrogens with zero attached hydrogens (tertiary/aromatic N) is 3. The highest BCUT2D eigenvalue weighted by molar-refractivity contribution is 7.90. The second-order valence-electron chi connectivity index (χ2n) is 10.9. The Bertz CT molecular complexity index is 1640. The maximum absolute atomic E-state index is 12.8. The number of amides is 1. The van der Waals surface area contributed by atoms with Crippen molar-refractivity contribution in [3.63, 3.8) is 0 Å². The molecule has 2 atom stereocenters. The Hall–Kier alpha value is -3.78. The number of aromatic nitrogens is 2. The SMILES string of the molecule is Cc1ccc(NC(=O)Cc2cc3cc(-c4cccc(N5C[C@H](C)C[C@H](C)C5)n4)ccc3cn2)cc1S(C)(=O)=O. The van der Waals surface area contributed by atoms with Gasteiger partial charge in [0.1, 0.15) is 5.82 Å². The molecule has 1 saturated heterocycles. The standard InChI is InChI=1S/C31H34N4O3S/c1-20-12-21(2)19-35(18-20)30-7-5-6-28(34-30)23-9-10-24-17-32-27(14-25(24)13-23)16-31(36)33-26-11-8-22(3)29(15-26)39(4,37)38/h5-11,13-15,17,20-21H,12,16,18-19H2,1-4H3,(H,33,36)/t20-,21+. The second kappa shape index (κ2) is 10.8. The molecular formula is C31H34N4O3S. The molecule has 0 spiro atoms. The van der Waals surface area contributed by atoms with Gasteiger partial charge in [-0.1, -0.05) is 38.1 Å². The van der Waals surface area contributed by atoms with Gasteiger partial charge in [0.2, 0.25) is 5.91 Å². The molecule has 0 aliphatic carbocycles. The van der Waals surface area contributed by atoms with E-state index >= 15 is 0 Å². The van der Waals surface area contributed by atoms with Gasteiger partial charge in [-0.15, -0.1) is 0 Å². The van der Waals surface area contributed by atoms with Crippen LogP contribution in [0.25, 0.3) is 22.0 Å². The third kappa shape index (κ3) is 6.28. The van der Waals surface area contributed by atoms with E-state index in [0.717, 1.165) is 47.2 Å². The summed E-state index contributed by atoms with van der Waals surface area (Å²) in [4.78, 5) is 24.8. The van der Waals surface area contributed by atoms with Crippen molar-refractivity contribution in [3.8, 4) is 11.3 Å². The molecule has 4 aromatic rings. The zero-order chi connectivity index (χ0) is 27.7. The van der Waals surface area contributed by atoms with Gasteiger partial charge in [0.05, 0.1) is 22.7 Å². The molecule has 2 aromatic heterocycles. The lowest BCUT2D eigenvalue weighted by atomic mass is 9.92. The molecule has 8 heteroatoms. The molecule has 1 amide bonds. The molecule has 5 rings (SSSR count). The number of anilines is 2. The van der Waals surface area contributed by atoms with Crippen LogP contribution < -0.4 is 10.2 Å². The van der Waals surface area contributed by atoms with Crippen LogP contribution in [-0.2, 0) is 21.1 Å². The maximum Gasteiger partial charge on any atom is 0.230 e. The second-order valence-corrected chi connectivity index (χ2v) is 12.9. The monoisotopic (exact) mass is 542 g/mol. The third-order valence-corrected chi connectivity index (χ3v) is 8.45. The number of carbonyl (C=O) groups excluding carboxylic acids is 1. The Morgan fingerprint density at radius 2 is 1.77 bits per heavy atom. The van der Waals surface area contributed by atoms with Crippen LogP contribution in [0.3, 0.4) is 0 Å². The first-order valence-corrected chi connectivity index (χ1v) is 15.2. The maximum atomic E-state index is 12.8. The van der Waals surface area contributed by atoms with Crippen LogP contribution in [0.4, 0.5) is 11.5 Å². The third-order valence-electron chi connectivity index (χ3n) is 7.21. The fourth-order valence-corrected chi connectivity index (χ4v) is 6.49. The summed E-state index contributed by atoms with van der Waals surface area (Å²) in [7, 11) is -3.39. The Labute approximate surface area is 230 Å². The van der Waals surface area contributed by atoms with Gasteiger partial charge >= 0.3 is 0 Å². The first-order valence-electron chi connectivity index (χ1n) is 13.3. The topological polar surface area (TPSA) is 92.3 Å². The molecule has 0 radical (unpaired) electrons. The molecular weight excluding hydrogens is 508 g/mol. The van der Waals surface area contributed by atoms with Gasteiger partial charge < -0.3 is 10.2 Å². The first kappa shape index (κ1) is 26.8. The van der Waals surface area contributed by atoms with Crippen LogP contribution in [0.2, 0.25) is 0 Å². The van der Waals surface area contributed by atoms with Crippen molar-refractivity contribution >= 4 is 38.0 Å². The molecule has 202 valence electrons. The largest absolute Gasteiger partial charge is 0.356 e. The number of nitrogens with one attached hydrogen (secondary N) is 1. The number of hydrogen-bond donors (Lipinski definition) is 1. The molecule has 7 nitrogen and oxygen atoms in total. The molecule has 1 aliphatic rings. The van der Waals surface area contributed by atoms with Crippen LogP contribution in [0.5, 0.6) is 0 Å². The highest BCUT2D eigenvalue weighted by Gasteiger charge is 2.23. The summed E-state index contributed by atoms with van der Waals surface area (Å²) in [6, 6.07) is 19.2. The van der Waals surface area contributed by atoms with Gasteiger partial charge in [0.15, 0.2) is 9.84 Å². The van der Waals surface area contributed by atoms with Gasteiger partial charge in [0, 0.05) is 42.2 Å². The van der Waals surface area contributed by atoms with E-state index in [-0.39, 0.29) is 17.2 Å². The van der Waals surface area contributed by atoms with Crippen LogP contribution >= 0.6 is 0 Å². The lowest BCUT2D eigenvalue weighted by Gasteiger charge is -2.36. The number of sulfone groups is 1. The Balaban J connectivity index is 1.35. The number of fused-ring (bicyclic) bond motifs is 1. The van der Waals surface area contributed by atoms with E-state index in [9.17, 15) is 13.2 Å². The van der Waals surface area contributed by atoms with Crippen LogP contribution in [0.1, 0.15) is 31.5 Å². The summed E-state index contributed by atoms with van der Waals surface area (Å²) in [5.74, 6) is 2.04. The highest BCUT2D eigenvalue weighted by atomic mass is 32.2. The lowest BCUT2D eigenvalue weighted by molar-refractivity contribution is -0.115. The Morgan fingerprint density at radius 3 is 2.51 bits per heavy atom. The van der Waals surface area contributed by atoms with Crippen molar-refractivity contribution < 1.29 is 13.2 Å². The van der Waals surface area contributed by atoms with Gasteiger partial charge in [0.25, 0.3) is 0 Å². The van der Waals surface area contributed by atoms with Crippen molar-refractivity contribution in [2.24, 2.45) is 11.8 Å². The first-order chi connectivity index (χ1) is 18.5. The normalized spacial score (nSPS) is 17.8. The van der Waals surface area contributed by atoms with Crippen molar-refractivity contribution in [2.75, 3.05) is 29.6 Å². The molecule has 2 aromatic carbocycles. The van der Waals surface area contributed by atoms with Gasteiger partial charge in [-0.3, -0.25) is 9.78 Å². The van der Waals surface area contributed by atoms with E-state index in [2.05, 4.69) is 53.3 Å². The molecule has 0 bridgehead atoms.